The van der Waals surface area contributed by atoms with Crippen molar-refractivity contribution in [3.63, 3.8) is 0 Å². The second-order valence-corrected chi connectivity index (χ2v) is 8.37. The van der Waals surface area contributed by atoms with Crippen LogP contribution in [-0.2, 0) is 10.5 Å². The quantitative estimate of drug-likeness (QED) is 0.434. The molecule has 0 atom stereocenters. The van der Waals surface area contributed by atoms with E-state index in [0.717, 1.165) is 5.56 Å². The Morgan fingerprint density at radius 1 is 1.15 bits per heavy atom. The number of ether oxygens (including phenoxy) is 1. The molecule has 1 aromatic carbocycles. The van der Waals surface area contributed by atoms with Crippen molar-refractivity contribution < 1.29 is 14.2 Å². The number of methoxy groups -OCH3 is 1. The van der Waals surface area contributed by atoms with E-state index >= 15 is 0 Å². The summed E-state index contributed by atoms with van der Waals surface area (Å²) in [5.41, 5.74) is 2.57. The maximum atomic E-state index is 12.4. The third-order valence-corrected chi connectivity index (χ3v) is 6.39. The lowest BCUT2D eigenvalue weighted by molar-refractivity contribution is -0.00618. The molecule has 4 rings (SSSR count). The average Bonchev–Trinajstić information content (AvgIpc) is 2.86. The number of hydrogen-bond acceptors (Lipinski definition) is 8. The fourth-order valence-electron chi connectivity index (χ4n) is 3.27. The number of nitrogens with zero attached hydrogens (tertiary/aromatic N) is 4. The highest BCUT2D eigenvalue weighted by Gasteiger charge is 2.21. The molecule has 2 heterocycles. The number of pyridine rings is 2. The first kappa shape index (κ1) is 25.0. The third-order valence-electron chi connectivity index (χ3n) is 5.34. The van der Waals surface area contributed by atoms with Crippen LogP contribution in [0.25, 0.3) is 11.1 Å². The zero-order valence-electron chi connectivity index (χ0n) is 18.9. The average molecular weight is 478 g/mol. The first-order chi connectivity index (χ1) is 16.6. The molecule has 7 nitrogen and oxygen atoms in total. The van der Waals surface area contributed by atoms with Crippen LogP contribution in [0.5, 0.6) is 5.75 Å². The fourth-order valence-corrected chi connectivity index (χ4v) is 4.19. The molecule has 0 bridgehead atoms. The molecule has 1 fully saturated rings. The highest BCUT2D eigenvalue weighted by atomic mass is 32.2. The van der Waals surface area contributed by atoms with Crippen LogP contribution in [-0.4, -0.2) is 30.2 Å². The Balaban J connectivity index is 0.000000469. The summed E-state index contributed by atoms with van der Waals surface area (Å²) in [5.74, 6) is 0.976. The van der Waals surface area contributed by atoms with Crippen LogP contribution in [0.2, 0.25) is 0 Å². The molecule has 1 aliphatic rings. The largest absolute Gasteiger partial charge is 0.381 e. The van der Waals surface area contributed by atoms with Gasteiger partial charge in [0.1, 0.15) is 28.5 Å². The monoisotopic (exact) mass is 477 g/mol. The molecular weight excluding hydrogens is 453 g/mol. The van der Waals surface area contributed by atoms with Crippen LogP contribution in [0.3, 0.4) is 0 Å². The first-order valence-corrected chi connectivity index (χ1v) is 11.6. The van der Waals surface area contributed by atoms with Gasteiger partial charge < -0.3 is 10.1 Å². The normalized spacial score (nSPS) is 12.4. The van der Waals surface area contributed by atoms with E-state index in [0.29, 0.717) is 39.4 Å². The number of hydrogen-bond donors (Lipinski definition) is 1. The number of nitrogens with one attached hydrogen (secondary N) is 1. The van der Waals surface area contributed by atoms with Gasteiger partial charge in [0.25, 0.3) is 0 Å². The van der Waals surface area contributed by atoms with Crippen molar-refractivity contribution in [1.82, 2.24) is 9.97 Å². The van der Waals surface area contributed by atoms with Crippen molar-refractivity contribution in [2.45, 2.75) is 36.1 Å². The maximum absolute atomic E-state index is 12.4. The Kier molecular flexibility index (Phi) is 9.21. The SMILES string of the molecule is CNc1nc(SCc2cccnc2)c(C#N)c(-c2ccc(OF)cc2)c1C#N.COC1CCC1. The molecule has 174 valence electrons. The summed E-state index contributed by atoms with van der Waals surface area (Å²) < 4.78 is 17.3. The second-order valence-electron chi connectivity index (χ2n) is 7.40. The summed E-state index contributed by atoms with van der Waals surface area (Å²) in [7, 11) is 3.44. The first-order valence-electron chi connectivity index (χ1n) is 10.6. The van der Waals surface area contributed by atoms with Gasteiger partial charge in [0.15, 0.2) is 5.75 Å². The molecule has 0 radical (unpaired) electrons. The predicted octanol–water partition coefficient (Wildman–Crippen LogP) is 5.67. The minimum absolute atomic E-state index is 0.0369. The minimum atomic E-state index is 0.0369. The van der Waals surface area contributed by atoms with Crippen LogP contribution in [0, 0.1) is 22.7 Å². The molecule has 0 unspecified atom stereocenters. The molecule has 1 saturated carbocycles. The number of aromatic nitrogens is 2. The Hall–Kier alpha value is -3.66. The lowest BCUT2D eigenvalue weighted by Crippen LogP contribution is -2.18. The van der Waals surface area contributed by atoms with E-state index in [-0.39, 0.29) is 11.3 Å². The molecule has 0 aliphatic heterocycles. The van der Waals surface area contributed by atoms with Gasteiger partial charge in [-0.25, -0.2) is 4.98 Å². The Morgan fingerprint density at radius 2 is 1.88 bits per heavy atom. The van der Waals surface area contributed by atoms with Crippen molar-refractivity contribution in [3.05, 3.63) is 65.5 Å². The van der Waals surface area contributed by atoms with E-state index in [1.807, 2.05) is 12.1 Å². The number of thioether (sulfide) groups is 1. The van der Waals surface area contributed by atoms with Crippen LogP contribution < -0.4 is 10.3 Å². The van der Waals surface area contributed by atoms with E-state index < -0.39 is 0 Å². The Morgan fingerprint density at radius 3 is 2.35 bits per heavy atom. The van der Waals surface area contributed by atoms with Crippen molar-refractivity contribution in [3.8, 4) is 29.0 Å². The van der Waals surface area contributed by atoms with E-state index in [1.165, 1.54) is 43.2 Å². The van der Waals surface area contributed by atoms with Crippen LogP contribution >= 0.6 is 11.8 Å². The summed E-state index contributed by atoms with van der Waals surface area (Å²) in [6.45, 7) is 0. The van der Waals surface area contributed by atoms with Gasteiger partial charge in [0.05, 0.1) is 11.7 Å². The number of nitriles is 2. The zero-order chi connectivity index (χ0) is 24.3. The summed E-state index contributed by atoms with van der Waals surface area (Å²) in [6.07, 6.45) is 8.01. The summed E-state index contributed by atoms with van der Waals surface area (Å²) in [5, 5.41) is 22.9. The molecule has 9 heteroatoms. The van der Waals surface area contributed by atoms with Gasteiger partial charge >= 0.3 is 0 Å². The topological polar surface area (TPSA) is 104 Å². The Labute approximate surface area is 202 Å². The molecule has 0 saturated heterocycles. The van der Waals surface area contributed by atoms with Crippen molar-refractivity contribution in [2.75, 3.05) is 19.5 Å². The lowest BCUT2D eigenvalue weighted by atomic mass is 9.96. The molecule has 1 N–H and O–H groups in total. The predicted molar refractivity (Wildman–Crippen MR) is 129 cm³/mol. The van der Waals surface area contributed by atoms with Gasteiger partial charge in [0, 0.05) is 42.4 Å². The van der Waals surface area contributed by atoms with E-state index in [2.05, 4.69) is 32.4 Å². The summed E-state index contributed by atoms with van der Waals surface area (Å²) in [6, 6.07) is 14.1. The molecule has 1 aliphatic carbocycles. The van der Waals surface area contributed by atoms with E-state index in [1.54, 1.807) is 38.7 Å². The number of halogens is 1. The van der Waals surface area contributed by atoms with Gasteiger partial charge in [-0.3, -0.25) is 9.93 Å². The summed E-state index contributed by atoms with van der Waals surface area (Å²) in [4.78, 5) is 12.3. The molecule has 2 aromatic heterocycles. The van der Waals surface area contributed by atoms with Gasteiger partial charge in [0.2, 0.25) is 0 Å². The Bertz CT molecular complexity index is 1170. The van der Waals surface area contributed by atoms with Crippen LogP contribution in [0.15, 0.2) is 53.8 Å². The number of benzene rings is 1. The molecular formula is C25H24FN5O2S. The van der Waals surface area contributed by atoms with Crippen LogP contribution in [0.4, 0.5) is 10.3 Å². The summed E-state index contributed by atoms with van der Waals surface area (Å²) >= 11 is 1.38. The van der Waals surface area contributed by atoms with Crippen LogP contribution in [0.1, 0.15) is 36.0 Å². The van der Waals surface area contributed by atoms with E-state index in [9.17, 15) is 15.0 Å². The standard InChI is InChI=1S/C20H14FN5OS.C5H10O/c1-24-19-16(9-22)18(14-4-6-15(27-21)7-5-14)17(10-23)20(26-19)28-12-13-3-2-8-25-11-13;1-6-5-3-2-4-5/h2-8,11H,12H2,1H3,(H,24,26);5H,2-4H2,1H3. The molecule has 3 aromatic rings. The minimum Gasteiger partial charge on any atom is -0.381 e. The van der Waals surface area contributed by atoms with Crippen molar-refractivity contribution in [1.29, 1.82) is 10.5 Å². The van der Waals surface area contributed by atoms with Crippen molar-refractivity contribution in [2.24, 2.45) is 0 Å². The fraction of sp³-hybridized carbons (Fsp3) is 0.280. The smallest absolute Gasteiger partial charge is 0.171 e. The third kappa shape index (κ3) is 6.02. The van der Waals surface area contributed by atoms with E-state index in [4.69, 9.17) is 4.74 Å². The van der Waals surface area contributed by atoms with Gasteiger partial charge in [-0.05, 0) is 48.6 Å². The number of anilines is 1. The highest BCUT2D eigenvalue weighted by Crippen LogP contribution is 2.37. The van der Waals surface area contributed by atoms with Crippen molar-refractivity contribution >= 4 is 17.6 Å². The zero-order valence-corrected chi connectivity index (χ0v) is 19.7. The highest BCUT2D eigenvalue weighted by molar-refractivity contribution is 7.98. The van der Waals surface area contributed by atoms with Gasteiger partial charge in [-0.1, -0.05) is 18.2 Å². The lowest BCUT2D eigenvalue weighted by Gasteiger charge is -2.22. The second kappa shape index (κ2) is 12.5. The van der Waals surface area contributed by atoms with Gasteiger partial charge in [-0.15, -0.1) is 11.8 Å². The molecule has 0 spiro atoms. The maximum Gasteiger partial charge on any atom is 0.171 e. The molecule has 0 amide bonds. The van der Waals surface area contributed by atoms with Gasteiger partial charge in [-0.2, -0.15) is 10.5 Å². The molecule has 34 heavy (non-hydrogen) atoms. The number of rotatable bonds is 7.